The van der Waals surface area contributed by atoms with Gasteiger partial charge in [0.1, 0.15) is 0 Å². The van der Waals surface area contributed by atoms with Gasteiger partial charge in [0, 0.05) is 0 Å². The standard InChI is InChI=1S/C26H38/c1-9-18-12-19-10-17(2)11-23(24(19)13-18)20-14-21(25(3,4)5)16-22(15-20)26(6,7)8/h10-11,14-16,18-19,24H,9,12-13H2,1-8H3. The summed E-state index contributed by atoms with van der Waals surface area (Å²) >= 11 is 0. The van der Waals surface area contributed by atoms with Gasteiger partial charge in [-0.25, -0.2) is 0 Å². The van der Waals surface area contributed by atoms with Crippen LogP contribution < -0.4 is 0 Å². The molecule has 0 radical (unpaired) electrons. The Kier molecular flexibility index (Phi) is 5.01. The lowest BCUT2D eigenvalue weighted by Crippen LogP contribution is -2.18. The van der Waals surface area contributed by atoms with E-state index in [0.717, 1.165) is 11.8 Å². The maximum Gasteiger partial charge on any atom is -0.00900 e. The maximum atomic E-state index is 2.54. The molecule has 0 heteroatoms. The zero-order valence-corrected chi connectivity index (χ0v) is 18.2. The average molecular weight is 351 g/mol. The van der Waals surface area contributed by atoms with Crippen LogP contribution in [0.1, 0.15) is 91.3 Å². The van der Waals surface area contributed by atoms with Crippen molar-refractivity contribution in [3.05, 3.63) is 52.6 Å². The molecular formula is C26H38. The summed E-state index contributed by atoms with van der Waals surface area (Å²) in [5.74, 6) is 2.35. The van der Waals surface area contributed by atoms with Crippen LogP contribution in [0.4, 0.5) is 0 Å². The molecule has 0 aromatic heterocycles. The molecule has 26 heavy (non-hydrogen) atoms. The summed E-state index contributed by atoms with van der Waals surface area (Å²) in [6.07, 6.45) is 9.08. The van der Waals surface area contributed by atoms with E-state index in [9.17, 15) is 0 Å². The van der Waals surface area contributed by atoms with E-state index >= 15 is 0 Å². The fourth-order valence-corrected chi connectivity index (χ4v) is 4.75. The molecule has 3 unspecified atom stereocenters. The average Bonchev–Trinajstić information content (AvgIpc) is 2.94. The highest BCUT2D eigenvalue weighted by Gasteiger charge is 2.37. The van der Waals surface area contributed by atoms with Crippen molar-refractivity contribution in [2.24, 2.45) is 17.8 Å². The molecule has 0 nitrogen and oxygen atoms in total. The van der Waals surface area contributed by atoms with E-state index in [-0.39, 0.29) is 10.8 Å². The number of benzene rings is 1. The Labute approximate surface area is 161 Å². The first-order chi connectivity index (χ1) is 12.0. The van der Waals surface area contributed by atoms with Crippen molar-refractivity contribution in [2.75, 3.05) is 0 Å². The third-order valence-electron chi connectivity index (χ3n) is 6.54. The van der Waals surface area contributed by atoms with Crippen LogP contribution in [0.25, 0.3) is 5.57 Å². The third kappa shape index (κ3) is 3.85. The largest absolute Gasteiger partial charge is 0.0779 e. The SMILES string of the molecule is CCC1CC2C=C(C)C=C(c3cc(C(C)(C)C)cc(C(C)(C)C)c3)C2C1. The van der Waals surface area contributed by atoms with Gasteiger partial charge in [-0.2, -0.15) is 0 Å². The van der Waals surface area contributed by atoms with Crippen molar-refractivity contribution < 1.29 is 0 Å². The molecule has 1 aromatic carbocycles. The van der Waals surface area contributed by atoms with Crippen LogP contribution in [0.15, 0.2) is 35.9 Å². The summed E-state index contributed by atoms with van der Waals surface area (Å²) in [4.78, 5) is 0. The van der Waals surface area contributed by atoms with E-state index in [2.05, 4.69) is 85.7 Å². The molecule has 3 atom stereocenters. The van der Waals surface area contributed by atoms with Crippen LogP contribution >= 0.6 is 0 Å². The molecule has 3 rings (SSSR count). The Bertz CT molecular complexity index is 698. The monoisotopic (exact) mass is 350 g/mol. The topological polar surface area (TPSA) is 0 Å². The van der Waals surface area contributed by atoms with Gasteiger partial charge in [0.15, 0.2) is 0 Å². The molecule has 0 heterocycles. The zero-order chi connectivity index (χ0) is 19.3. The molecule has 0 amide bonds. The Balaban J connectivity index is 2.11. The number of allylic oxidation sites excluding steroid dienone is 4. The Hall–Kier alpha value is -1.30. The van der Waals surface area contributed by atoms with E-state index in [0.29, 0.717) is 5.92 Å². The van der Waals surface area contributed by atoms with Crippen LogP contribution in [0, 0.1) is 17.8 Å². The normalized spacial score (nSPS) is 26.4. The second-order valence-electron chi connectivity index (χ2n) is 10.8. The van der Waals surface area contributed by atoms with E-state index < -0.39 is 0 Å². The molecule has 1 aromatic rings. The van der Waals surface area contributed by atoms with Gasteiger partial charge < -0.3 is 0 Å². The molecule has 0 saturated heterocycles. The second kappa shape index (κ2) is 6.70. The van der Waals surface area contributed by atoms with Crippen LogP contribution in [0.5, 0.6) is 0 Å². The molecule has 1 fully saturated rings. The van der Waals surface area contributed by atoms with Gasteiger partial charge in [-0.3, -0.25) is 0 Å². The molecule has 0 bridgehead atoms. The minimum atomic E-state index is 0.178. The highest BCUT2D eigenvalue weighted by Crippen LogP contribution is 2.49. The molecule has 0 aliphatic heterocycles. The Morgan fingerprint density at radius 2 is 1.46 bits per heavy atom. The minimum Gasteiger partial charge on any atom is -0.0779 e. The fraction of sp³-hybridized carbons (Fsp3) is 0.615. The molecule has 142 valence electrons. The first-order valence-electron chi connectivity index (χ1n) is 10.6. The van der Waals surface area contributed by atoms with Crippen LogP contribution in [0.2, 0.25) is 0 Å². The van der Waals surface area contributed by atoms with Gasteiger partial charge in [0.05, 0.1) is 0 Å². The molecule has 2 aliphatic carbocycles. The van der Waals surface area contributed by atoms with E-state index in [4.69, 9.17) is 0 Å². The summed E-state index contributed by atoms with van der Waals surface area (Å²) in [7, 11) is 0. The lowest BCUT2D eigenvalue weighted by Gasteiger charge is -2.30. The maximum absolute atomic E-state index is 2.54. The quantitative estimate of drug-likeness (QED) is 0.513. The Morgan fingerprint density at radius 3 is 1.96 bits per heavy atom. The smallest absolute Gasteiger partial charge is 0.00900 e. The van der Waals surface area contributed by atoms with Crippen molar-refractivity contribution in [1.82, 2.24) is 0 Å². The molecule has 1 saturated carbocycles. The zero-order valence-electron chi connectivity index (χ0n) is 18.2. The van der Waals surface area contributed by atoms with Crippen molar-refractivity contribution in [3.63, 3.8) is 0 Å². The summed E-state index contributed by atoms with van der Waals surface area (Å²) < 4.78 is 0. The van der Waals surface area contributed by atoms with Gasteiger partial charge in [0.25, 0.3) is 0 Å². The molecule has 0 spiro atoms. The van der Waals surface area contributed by atoms with Crippen LogP contribution in [-0.2, 0) is 10.8 Å². The summed E-state index contributed by atoms with van der Waals surface area (Å²) in [6.45, 7) is 18.7. The van der Waals surface area contributed by atoms with Crippen molar-refractivity contribution >= 4 is 5.57 Å². The lowest BCUT2D eigenvalue weighted by molar-refractivity contribution is 0.514. The first kappa shape index (κ1) is 19.5. The predicted molar refractivity (Wildman–Crippen MR) is 116 cm³/mol. The van der Waals surface area contributed by atoms with E-state index in [1.54, 1.807) is 5.57 Å². The van der Waals surface area contributed by atoms with Crippen LogP contribution in [0.3, 0.4) is 0 Å². The number of fused-ring (bicyclic) bond motifs is 1. The summed E-state index contributed by atoms with van der Waals surface area (Å²) in [5, 5.41) is 0. The van der Waals surface area contributed by atoms with Crippen molar-refractivity contribution in [1.29, 1.82) is 0 Å². The van der Waals surface area contributed by atoms with Gasteiger partial charge in [0.2, 0.25) is 0 Å². The number of hydrogen-bond acceptors (Lipinski definition) is 0. The number of hydrogen-bond donors (Lipinski definition) is 0. The highest BCUT2D eigenvalue weighted by molar-refractivity contribution is 5.73. The minimum absolute atomic E-state index is 0.178. The van der Waals surface area contributed by atoms with Crippen molar-refractivity contribution in [3.8, 4) is 0 Å². The molecular weight excluding hydrogens is 312 g/mol. The Morgan fingerprint density at radius 1 is 0.885 bits per heavy atom. The van der Waals surface area contributed by atoms with Gasteiger partial charge in [-0.15, -0.1) is 0 Å². The van der Waals surface area contributed by atoms with E-state index in [1.807, 2.05) is 0 Å². The summed E-state index contributed by atoms with van der Waals surface area (Å²) in [6, 6.07) is 7.41. The fourth-order valence-electron chi connectivity index (χ4n) is 4.75. The summed E-state index contributed by atoms with van der Waals surface area (Å²) in [5.41, 5.74) is 7.82. The first-order valence-corrected chi connectivity index (χ1v) is 10.6. The highest BCUT2D eigenvalue weighted by atomic mass is 14.4. The van der Waals surface area contributed by atoms with Crippen LogP contribution in [-0.4, -0.2) is 0 Å². The van der Waals surface area contributed by atoms with Gasteiger partial charge >= 0.3 is 0 Å². The molecule has 2 aliphatic rings. The van der Waals surface area contributed by atoms with Crippen molar-refractivity contribution in [2.45, 2.75) is 85.5 Å². The number of rotatable bonds is 2. The lowest BCUT2D eigenvalue weighted by atomic mass is 9.75. The van der Waals surface area contributed by atoms with Gasteiger partial charge in [-0.1, -0.05) is 90.8 Å². The third-order valence-corrected chi connectivity index (χ3v) is 6.54. The van der Waals surface area contributed by atoms with Gasteiger partial charge in [-0.05, 0) is 70.6 Å². The predicted octanol–water partition coefficient (Wildman–Crippen LogP) is 7.68. The van der Waals surface area contributed by atoms with E-state index in [1.165, 1.54) is 41.5 Å². The second-order valence-corrected chi connectivity index (χ2v) is 10.8. The molecule has 0 N–H and O–H groups in total.